The van der Waals surface area contributed by atoms with Crippen LogP contribution in [-0.4, -0.2) is 26.0 Å². The molecule has 3 aromatic rings. The van der Waals surface area contributed by atoms with Crippen LogP contribution in [0.25, 0.3) is 11.0 Å². The molecule has 0 bridgehead atoms. The number of nitrogens with zero attached hydrogens (tertiary/aromatic N) is 3. The van der Waals surface area contributed by atoms with Crippen molar-refractivity contribution in [2.45, 2.75) is 25.9 Å². The zero-order chi connectivity index (χ0) is 16.4. The largest absolute Gasteiger partial charge is 0.364 e. The topological polar surface area (TPSA) is 92.5 Å². The lowest BCUT2D eigenvalue weighted by Gasteiger charge is -2.06. The quantitative estimate of drug-likeness (QED) is 0.624. The number of hydrogen-bond acceptors (Lipinski definition) is 5. The Hall–Kier alpha value is -2.25. The van der Waals surface area contributed by atoms with Crippen molar-refractivity contribution in [2.75, 3.05) is 5.32 Å². The Bertz CT molecular complexity index is 818. The number of rotatable bonds is 5. The number of fused-ring (bicyclic) bond motifs is 1. The van der Waals surface area contributed by atoms with E-state index in [0.29, 0.717) is 30.1 Å². The van der Waals surface area contributed by atoms with E-state index >= 15 is 0 Å². The van der Waals surface area contributed by atoms with Gasteiger partial charge in [0.15, 0.2) is 5.82 Å². The highest BCUT2D eigenvalue weighted by atomic mass is 35.5. The molecule has 0 spiro atoms. The molecule has 120 valence electrons. The van der Waals surface area contributed by atoms with Crippen molar-refractivity contribution >= 4 is 28.5 Å². The fraction of sp³-hybridized carbons (Fsp3) is 0.267. The second-order valence-corrected chi connectivity index (χ2v) is 5.68. The lowest BCUT2D eigenvalue weighted by Crippen LogP contribution is -2.18. The minimum Gasteiger partial charge on any atom is -0.364 e. The summed E-state index contributed by atoms with van der Waals surface area (Å²) in [5.74, 6) is -0.0761. The molecule has 3 rings (SSSR count). The van der Waals surface area contributed by atoms with E-state index in [9.17, 15) is 4.39 Å². The lowest BCUT2D eigenvalue weighted by atomic mass is 10.2. The first-order chi connectivity index (χ1) is 11.0. The van der Waals surface area contributed by atoms with Gasteiger partial charge in [0.2, 0.25) is 5.28 Å². The van der Waals surface area contributed by atoms with Crippen LogP contribution in [0.2, 0.25) is 5.28 Å². The van der Waals surface area contributed by atoms with Crippen LogP contribution in [0.4, 0.5) is 10.2 Å². The fourth-order valence-corrected chi connectivity index (χ4v) is 2.52. The summed E-state index contributed by atoms with van der Waals surface area (Å²) >= 11 is 5.93. The molecule has 23 heavy (non-hydrogen) atoms. The maximum absolute atomic E-state index is 14.6. The van der Waals surface area contributed by atoms with Gasteiger partial charge in [-0.3, -0.25) is 4.98 Å². The van der Waals surface area contributed by atoms with Crippen molar-refractivity contribution in [3.63, 3.8) is 0 Å². The van der Waals surface area contributed by atoms with E-state index < -0.39 is 5.82 Å². The molecule has 0 fully saturated rings. The van der Waals surface area contributed by atoms with Crippen molar-refractivity contribution in [1.29, 1.82) is 0 Å². The Morgan fingerprint density at radius 3 is 2.91 bits per heavy atom. The maximum atomic E-state index is 14.6. The lowest BCUT2D eigenvalue weighted by molar-refractivity contribution is 0.602. The highest BCUT2D eigenvalue weighted by Gasteiger charge is 2.19. The van der Waals surface area contributed by atoms with Gasteiger partial charge in [-0.2, -0.15) is 9.97 Å². The van der Waals surface area contributed by atoms with Gasteiger partial charge in [0, 0.05) is 18.7 Å². The van der Waals surface area contributed by atoms with E-state index in [-0.39, 0.29) is 16.7 Å². The van der Waals surface area contributed by atoms with Gasteiger partial charge in [0.1, 0.15) is 11.5 Å². The molecule has 8 heteroatoms. The predicted molar refractivity (Wildman–Crippen MR) is 87.8 cm³/mol. The zero-order valence-corrected chi connectivity index (χ0v) is 13.2. The number of nitrogens with two attached hydrogens (primary N) is 1. The number of pyridine rings is 1. The number of H-pyrrole nitrogens is 1. The van der Waals surface area contributed by atoms with E-state index in [1.807, 2.05) is 25.1 Å². The SMILES string of the molecule is C[C@H](N)Cc1[nH]c2nc(Cl)nc(NCc3ccccn3)c2c1F. The molecule has 6 nitrogen and oxygen atoms in total. The van der Waals surface area contributed by atoms with Crippen molar-refractivity contribution in [1.82, 2.24) is 19.9 Å². The van der Waals surface area contributed by atoms with Crippen LogP contribution >= 0.6 is 11.6 Å². The molecule has 0 aliphatic rings. The maximum Gasteiger partial charge on any atom is 0.226 e. The third-order valence-corrected chi connectivity index (χ3v) is 3.49. The van der Waals surface area contributed by atoms with Crippen LogP contribution in [0.3, 0.4) is 0 Å². The summed E-state index contributed by atoms with van der Waals surface area (Å²) in [7, 11) is 0. The first-order valence-corrected chi connectivity index (χ1v) is 7.55. The normalized spacial score (nSPS) is 12.5. The van der Waals surface area contributed by atoms with E-state index in [1.165, 1.54) is 0 Å². The van der Waals surface area contributed by atoms with Crippen LogP contribution in [-0.2, 0) is 13.0 Å². The molecule has 4 N–H and O–H groups in total. The first-order valence-electron chi connectivity index (χ1n) is 7.17. The summed E-state index contributed by atoms with van der Waals surface area (Å²) in [4.78, 5) is 15.3. The van der Waals surface area contributed by atoms with Crippen molar-refractivity contribution in [3.05, 3.63) is 46.9 Å². The average Bonchev–Trinajstić information content (AvgIpc) is 2.81. The van der Waals surface area contributed by atoms with Crippen molar-refractivity contribution in [2.24, 2.45) is 5.73 Å². The molecule has 1 atom stereocenters. The zero-order valence-electron chi connectivity index (χ0n) is 12.5. The molecule has 3 heterocycles. The summed E-state index contributed by atoms with van der Waals surface area (Å²) in [6.07, 6.45) is 2.07. The van der Waals surface area contributed by atoms with Crippen LogP contribution in [0, 0.1) is 5.82 Å². The summed E-state index contributed by atoms with van der Waals surface area (Å²) in [5, 5.41) is 3.38. The summed E-state index contributed by atoms with van der Waals surface area (Å²) in [6.45, 7) is 2.21. The second kappa shape index (κ2) is 6.47. The minimum absolute atomic E-state index is 0.0367. The van der Waals surface area contributed by atoms with Gasteiger partial charge >= 0.3 is 0 Å². The van der Waals surface area contributed by atoms with Crippen LogP contribution in [0.1, 0.15) is 18.3 Å². The van der Waals surface area contributed by atoms with Crippen LogP contribution in [0.15, 0.2) is 24.4 Å². The number of nitrogens with one attached hydrogen (secondary N) is 2. The smallest absolute Gasteiger partial charge is 0.226 e. The molecular formula is C15H16ClFN6. The first kappa shape index (κ1) is 15.6. The van der Waals surface area contributed by atoms with Gasteiger partial charge in [-0.25, -0.2) is 4.39 Å². The number of anilines is 1. The number of halogens is 2. The third-order valence-electron chi connectivity index (χ3n) is 3.32. The number of aromatic amines is 1. The third kappa shape index (κ3) is 3.40. The second-order valence-electron chi connectivity index (χ2n) is 5.34. The van der Waals surface area contributed by atoms with Gasteiger partial charge in [0.25, 0.3) is 0 Å². The van der Waals surface area contributed by atoms with Gasteiger partial charge < -0.3 is 16.0 Å². The molecule has 0 aliphatic carbocycles. The van der Waals surface area contributed by atoms with E-state index in [1.54, 1.807) is 6.20 Å². The Balaban J connectivity index is 1.97. The molecular weight excluding hydrogens is 319 g/mol. The molecule has 0 amide bonds. The van der Waals surface area contributed by atoms with Crippen molar-refractivity contribution < 1.29 is 4.39 Å². The summed E-state index contributed by atoms with van der Waals surface area (Å²) < 4.78 is 14.6. The molecule has 0 aliphatic heterocycles. The highest BCUT2D eigenvalue weighted by molar-refractivity contribution is 6.28. The predicted octanol–water partition coefficient (Wildman–Crippen LogP) is 2.65. The summed E-state index contributed by atoms with van der Waals surface area (Å²) in [6, 6.07) is 5.40. The molecule has 0 aromatic carbocycles. The van der Waals surface area contributed by atoms with E-state index in [0.717, 1.165) is 5.69 Å². The average molecular weight is 335 g/mol. The number of aromatic nitrogens is 4. The molecule has 3 aromatic heterocycles. The Morgan fingerprint density at radius 2 is 2.22 bits per heavy atom. The Kier molecular flexibility index (Phi) is 4.40. The highest BCUT2D eigenvalue weighted by Crippen LogP contribution is 2.28. The summed E-state index contributed by atoms with van der Waals surface area (Å²) in [5.41, 5.74) is 7.30. The van der Waals surface area contributed by atoms with Crippen LogP contribution < -0.4 is 11.1 Å². The van der Waals surface area contributed by atoms with Gasteiger partial charge in [-0.1, -0.05) is 6.07 Å². The van der Waals surface area contributed by atoms with E-state index in [2.05, 4.69) is 25.3 Å². The monoisotopic (exact) mass is 334 g/mol. The molecule has 0 saturated heterocycles. The molecule has 0 radical (unpaired) electrons. The standard InChI is InChI=1S/C15H16ClFN6/c1-8(18)6-10-12(17)11-13(22-15(16)23-14(11)21-10)20-7-9-4-2-3-5-19-9/h2-5,8H,6-7,18H2,1H3,(H2,20,21,22,23)/t8-/m0/s1. The van der Waals surface area contributed by atoms with Gasteiger partial charge in [-0.05, 0) is 30.7 Å². The van der Waals surface area contributed by atoms with E-state index in [4.69, 9.17) is 17.3 Å². The minimum atomic E-state index is -0.405. The van der Waals surface area contributed by atoms with Gasteiger partial charge in [-0.15, -0.1) is 0 Å². The van der Waals surface area contributed by atoms with Gasteiger partial charge in [0.05, 0.1) is 23.3 Å². The van der Waals surface area contributed by atoms with Crippen molar-refractivity contribution in [3.8, 4) is 0 Å². The Morgan fingerprint density at radius 1 is 1.39 bits per heavy atom. The van der Waals surface area contributed by atoms with Crippen LogP contribution in [0.5, 0.6) is 0 Å². The number of hydrogen-bond donors (Lipinski definition) is 3. The fourth-order valence-electron chi connectivity index (χ4n) is 2.35. The molecule has 0 unspecified atom stereocenters. The Labute approximate surface area is 137 Å². The molecule has 0 saturated carbocycles.